The minimum atomic E-state index is -0.782. The van der Waals surface area contributed by atoms with Crippen molar-refractivity contribution in [3.63, 3.8) is 0 Å². The maximum absolute atomic E-state index is 13.7. The van der Waals surface area contributed by atoms with Crippen LogP contribution in [0.25, 0.3) is 6.08 Å². The van der Waals surface area contributed by atoms with Gasteiger partial charge in [-0.25, -0.2) is 18.4 Å². The van der Waals surface area contributed by atoms with E-state index >= 15 is 0 Å². The normalized spacial score (nSPS) is 11.7. The minimum Gasteiger partial charge on any atom is -0.465 e. The molecule has 0 aliphatic carbocycles. The van der Waals surface area contributed by atoms with Crippen LogP contribution in [0.4, 0.5) is 8.78 Å². The van der Waals surface area contributed by atoms with Gasteiger partial charge in [0.2, 0.25) is 0 Å². The molecule has 2 rings (SSSR count). The molecule has 1 amide bonds. The standard InChI is InChI=1S/C21H19F2NO5/c1-13(17-9-8-16(22)11-18(17)23)24-19(25)12-29-20(26)10-5-14-3-6-15(7-4-14)21(27)28-2/h3-11,13H,12H2,1-2H3,(H,24,25)/b10-5+. The molecule has 2 aromatic rings. The van der Waals surface area contributed by atoms with E-state index in [1.165, 1.54) is 26.2 Å². The van der Waals surface area contributed by atoms with E-state index < -0.39 is 42.1 Å². The van der Waals surface area contributed by atoms with Gasteiger partial charge in [-0.1, -0.05) is 18.2 Å². The Balaban J connectivity index is 1.82. The molecular weight excluding hydrogens is 384 g/mol. The van der Waals surface area contributed by atoms with E-state index in [4.69, 9.17) is 4.74 Å². The lowest BCUT2D eigenvalue weighted by molar-refractivity contribution is -0.144. The Bertz CT molecular complexity index is 925. The number of esters is 2. The monoisotopic (exact) mass is 403 g/mol. The Morgan fingerprint density at radius 2 is 1.79 bits per heavy atom. The maximum Gasteiger partial charge on any atom is 0.337 e. The van der Waals surface area contributed by atoms with Crippen molar-refractivity contribution in [1.29, 1.82) is 0 Å². The summed E-state index contributed by atoms with van der Waals surface area (Å²) in [6, 6.07) is 8.62. The average molecular weight is 403 g/mol. The first-order valence-corrected chi connectivity index (χ1v) is 8.57. The van der Waals surface area contributed by atoms with Crippen molar-refractivity contribution < 1.29 is 32.6 Å². The fourth-order valence-corrected chi connectivity index (χ4v) is 2.41. The topological polar surface area (TPSA) is 81.7 Å². The van der Waals surface area contributed by atoms with Gasteiger partial charge in [0.15, 0.2) is 6.61 Å². The van der Waals surface area contributed by atoms with Crippen LogP contribution in [-0.2, 0) is 19.1 Å². The van der Waals surface area contributed by atoms with Crippen LogP contribution in [0.2, 0.25) is 0 Å². The number of halogens is 2. The van der Waals surface area contributed by atoms with Gasteiger partial charge >= 0.3 is 11.9 Å². The highest BCUT2D eigenvalue weighted by Crippen LogP contribution is 2.17. The molecule has 0 aromatic heterocycles. The number of rotatable bonds is 7. The first kappa shape index (κ1) is 21.7. The van der Waals surface area contributed by atoms with Crippen molar-refractivity contribution >= 4 is 23.9 Å². The molecule has 0 fully saturated rings. The van der Waals surface area contributed by atoms with E-state index in [0.717, 1.165) is 18.2 Å². The molecule has 0 aliphatic heterocycles. The lowest BCUT2D eigenvalue weighted by Crippen LogP contribution is -2.31. The molecule has 8 heteroatoms. The van der Waals surface area contributed by atoms with Gasteiger partial charge in [0.25, 0.3) is 5.91 Å². The van der Waals surface area contributed by atoms with E-state index in [9.17, 15) is 23.2 Å². The van der Waals surface area contributed by atoms with Crippen molar-refractivity contribution in [2.45, 2.75) is 13.0 Å². The smallest absolute Gasteiger partial charge is 0.337 e. The van der Waals surface area contributed by atoms with Gasteiger partial charge in [-0.05, 0) is 36.8 Å². The summed E-state index contributed by atoms with van der Waals surface area (Å²) in [7, 11) is 1.28. The number of methoxy groups -OCH3 is 1. The Kier molecular flexibility index (Phi) is 7.59. The molecule has 0 saturated heterocycles. The van der Waals surface area contributed by atoms with Crippen molar-refractivity contribution in [2.24, 2.45) is 0 Å². The number of hydrogen-bond acceptors (Lipinski definition) is 5. The second-order valence-corrected chi connectivity index (χ2v) is 6.01. The Hall–Kier alpha value is -3.55. The van der Waals surface area contributed by atoms with Crippen LogP contribution in [0.5, 0.6) is 0 Å². The zero-order valence-corrected chi connectivity index (χ0v) is 15.8. The number of nitrogens with one attached hydrogen (secondary N) is 1. The Labute approximate surface area is 166 Å². The molecule has 1 N–H and O–H groups in total. The van der Waals surface area contributed by atoms with Gasteiger partial charge < -0.3 is 14.8 Å². The van der Waals surface area contributed by atoms with E-state index in [-0.39, 0.29) is 5.56 Å². The second-order valence-electron chi connectivity index (χ2n) is 6.01. The lowest BCUT2D eigenvalue weighted by Gasteiger charge is -2.15. The number of hydrogen-bond donors (Lipinski definition) is 1. The third kappa shape index (κ3) is 6.53. The molecular formula is C21H19F2NO5. The summed E-state index contributed by atoms with van der Waals surface area (Å²) in [5.74, 6) is -3.36. The van der Waals surface area contributed by atoms with E-state index in [2.05, 4.69) is 10.1 Å². The summed E-state index contributed by atoms with van der Waals surface area (Å²) in [6.07, 6.45) is 2.58. The molecule has 0 saturated carbocycles. The molecule has 29 heavy (non-hydrogen) atoms. The molecule has 152 valence electrons. The molecule has 1 unspecified atom stereocenters. The number of ether oxygens (including phenoxy) is 2. The number of carbonyl (C=O) groups is 3. The highest BCUT2D eigenvalue weighted by Gasteiger charge is 2.15. The molecule has 6 nitrogen and oxygen atoms in total. The van der Waals surface area contributed by atoms with Gasteiger partial charge in [0.1, 0.15) is 11.6 Å². The number of benzene rings is 2. The summed E-state index contributed by atoms with van der Waals surface area (Å²) in [6.45, 7) is 0.964. The van der Waals surface area contributed by atoms with Crippen molar-refractivity contribution in [1.82, 2.24) is 5.32 Å². The summed E-state index contributed by atoms with van der Waals surface area (Å²) in [5, 5.41) is 2.46. The molecule has 1 atom stereocenters. The largest absolute Gasteiger partial charge is 0.465 e. The van der Waals surface area contributed by atoms with Gasteiger partial charge in [0, 0.05) is 17.7 Å². The van der Waals surface area contributed by atoms with Crippen molar-refractivity contribution in [2.75, 3.05) is 13.7 Å². The van der Waals surface area contributed by atoms with E-state index in [1.54, 1.807) is 24.3 Å². The predicted molar refractivity (Wildman–Crippen MR) is 101 cm³/mol. The fraction of sp³-hybridized carbons (Fsp3) is 0.190. The van der Waals surface area contributed by atoms with Crippen molar-refractivity contribution in [3.05, 3.63) is 76.9 Å². The fourth-order valence-electron chi connectivity index (χ4n) is 2.41. The Morgan fingerprint density at radius 3 is 2.41 bits per heavy atom. The number of carbonyl (C=O) groups excluding carboxylic acids is 3. The van der Waals surface area contributed by atoms with E-state index in [0.29, 0.717) is 11.1 Å². The van der Waals surface area contributed by atoms with Crippen LogP contribution in [0.1, 0.15) is 34.5 Å². The van der Waals surface area contributed by atoms with Crippen molar-refractivity contribution in [3.8, 4) is 0 Å². The zero-order valence-electron chi connectivity index (χ0n) is 15.8. The third-order valence-electron chi connectivity index (χ3n) is 3.90. The van der Waals surface area contributed by atoms with Crippen LogP contribution >= 0.6 is 0 Å². The lowest BCUT2D eigenvalue weighted by atomic mass is 10.1. The summed E-state index contributed by atoms with van der Waals surface area (Å²) >= 11 is 0. The first-order valence-electron chi connectivity index (χ1n) is 8.57. The van der Waals surface area contributed by atoms with Gasteiger partial charge in [-0.2, -0.15) is 0 Å². The molecule has 2 aromatic carbocycles. The van der Waals surface area contributed by atoms with Crippen LogP contribution in [0.3, 0.4) is 0 Å². The second kappa shape index (κ2) is 10.1. The Morgan fingerprint density at radius 1 is 1.10 bits per heavy atom. The molecule has 0 spiro atoms. The third-order valence-corrected chi connectivity index (χ3v) is 3.90. The van der Waals surface area contributed by atoms with Gasteiger partial charge in [0.05, 0.1) is 18.7 Å². The average Bonchev–Trinajstić information content (AvgIpc) is 2.70. The minimum absolute atomic E-state index is 0.112. The van der Waals surface area contributed by atoms with E-state index in [1.807, 2.05) is 0 Å². The summed E-state index contributed by atoms with van der Waals surface area (Å²) in [5.41, 5.74) is 1.12. The van der Waals surface area contributed by atoms with Crippen LogP contribution in [0, 0.1) is 11.6 Å². The molecule has 0 radical (unpaired) electrons. The maximum atomic E-state index is 13.7. The van der Waals surface area contributed by atoms with Crippen LogP contribution in [-0.4, -0.2) is 31.6 Å². The molecule has 0 aliphatic rings. The SMILES string of the molecule is COC(=O)c1ccc(/C=C/C(=O)OCC(=O)NC(C)c2ccc(F)cc2F)cc1. The molecule has 0 heterocycles. The molecule has 0 bridgehead atoms. The summed E-state index contributed by atoms with van der Waals surface area (Å²) < 4.78 is 36.1. The quantitative estimate of drug-likeness (QED) is 0.567. The highest BCUT2D eigenvalue weighted by atomic mass is 19.1. The zero-order chi connectivity index (χ0) is 21.4. The van der Waals surface area contributed by atoms with Gasteiger partial charge in [-0.15, -0.1) is 0 Å². The van der Waals surface area contributed by atoms with Crippen LogP contribution in [0.15, 0.2) is 48.5 Å². The highest BCUT2D eigenvalue weighted by molar-refractivity contribution is 5.91. The van der Waals surface area contributed by atoms with Crippen LogP contribution < -0.4 is 5.32 Å². The van der Waals surface area contributed by atoms with Gasteiger partial charge in [-0.3, -0.25) is 4.79 Å². The first-order chi connectivity index (χ1) is 13.8. The summed E-state index contributed by atoms with van der Waals surface area (Å²) in [4.78, 5) is 34.9. The number of amides is 1. The predicted octanol–water partition coefficient (Wildman–Crippen LogP) is 3.19.